The van der Waals surface area contributed by atoms with Crippen LogP contribution in [0.1, 0.15) is 19.8 Å². The van der Waals surface area contributed by atoms with Crippen LogP contribution in [0.15, 0.2) is 29.2 Å². The molecule has 0 amide bonds. The van der Waals surface area contributed by atoms with Gasteiger partial charge < -0.3 is 5.11 Å². The molecule has 0 aromatic heterocycles. The number of nitrogens with one attached hydrogen (secondary N) is 1. The van der Waals surface area contributed by atoms with Gasteiger partial charge in [0.2, 0.25) is 0 Å². The number of aliphatic carboxylic acids is 1. The molecule has 1 fully saturated rings. The Morgan fingerprint density at radius 2 is 2.10 bits per heavy atom. The fourth-order valence-corrected chi connectivity index (χ4v) is 2.73. The number of carboxylic acid groups (broad SMARTS) is 1. The number of hydrogen-bond donors (Lipinski definition) is 2. The zero-order chi connectivity index (χ0) is 14.8. The van der Waals surface area contributed by atoms with Crippen LogP contribution in [0.2, 0.25) is 0 Å². The standard InChI is InChI=1S/C13H16N2O4S/c1-13(12(16)17,14-9-2-3-9)8-20-11-6-4-10(5-7-11)15(18)19/h4-7,9,14H,2-3,8H2,1H3,(H,16,17). The smallest absolute Gasteiger partial charge is 0.324 e. The minimum Gasteiger partial charge on any atom is -0.480 e. The molecule has 1 aliphatic carbocycles. The van der Waals surface area contributed by atoms with Crippen LogP contribution in [0.3, 0.4) is 0 Å². The SMILES string of the molecule is CC(CSc1ccc([N+](=O)[O-])cc1)(NC1CC1)C(=O)O. The van der Waals surface area contributed by atoms with Gasteiger partial charge in [-0.2, -0.15) is 0 Å². The molecule has 1 atom stereocenters. The fraction of sp³-hybridized carbons (Fsp3) is 0.462. The van der Waals surface area contributed by atoms with Gasteiger partial charge in [-0.05, 0) is 31.9 Å². The van der Waals surface area contributed by atoms with E-state index in [2.05, 4.69) is 5.32 Å². The molecule has 0 heterocycles. The Morgan fingerprint density at radius 3 is 2.55 bits per heavy atom. The highest BCUT2D eigenvalue weighted by Crippen LogP contribution is 2.28. The first kappa shape index (κ1) is 14.8. The van der Waals surface area contributed by atoms with Crippen LogP contribution in [-0.2, 0) is 4.79 Å². The van der Waals surface area contributed by atoms with E-state index in [-0.39, 0.29) is 5.69 Å². The highest BCUT2D eigenvalue weighted by atomic mass is 32.2. The van der Waals surface area contributed by atoms with Gasteiger partial charge in [0.15, 0.2) is 0 Å². The van der Waals surface area contributed by atoms with Crippen LogP contribution >= 0.6 is 11.8 Å². The summed E-state index contributed by atoms with van der Waals surface area (Å²) in [6, 6.07) is 6.43. The highest BCUT2D eigenvalue weighted by molar-refractivity contribution is 7.99. The van der Waals surface area contributed by atoms with E-state index in [0.717, 1.165) is 17.7 Å². The van der Waals surface area contributed by atoms with Crippen LogP contribution in [-0.4, -0.2) is 33.3 Å². The molecule has 7 heteroatoms. The molecule has 1 aromatic carbocycles. The average Bonchev–Trinajstić information content (AvgIpc) is 3.20. The third-order valence-electron chi connectivity index (χ3n) is 3.15. The molecule has 20 heavy (non-hydrogen) atoms. The molecule has 0 bridgehead atoms. The second-order valence-corrected chi connectivity index (χ2v) is 6.14. The molecular formula is C13H16N2O4S. The summed E-state index contributed by atoms with van der Waals surface area (Å²) >= 11 is 1.38. The second kappa shape index (κ2) is 5.80. The number of thioether (sulfide) groups is 1. The second-order valence-electron chi connectivity index (χ2n) is 5.10. The van der Waals surface area contributed by atoms with Crippen LogP contribution in [0.5, 0.6) is 0 Å². The predicted molar refractivity (Wildman–Crippen MR) is 76.0 cm³/mol. The van der Waals surface area contributed by atoms with Crippen molar-refractivity contribution >= 4 is 23.4 Å². The number of rotatable bonds is 7. The lowest BCUT2D eigenvalue weighted by atomic mass is 10.1. The quantitative estimate of drug-likeness (QED) is 0.455. The molecule has 108 valence electrons. The van der Waals surface area contributed by atoms with Gasteiger partial charge in [-0.25, -0.2) is 0 Å². The number of benzene rings is 1. The Bertz CT molecular complexity index is 516. The summed E-state index contributed by atoms with van der Waals surface area (Å²) < 4.78 is 0. The summed E-state index contributed by atoms with van der Waals surface area (Å²) in [4.78, 5) is 22.3. The van der Waals surface area contributed by atoms with E-state index in [0.29, 0.717) is 11.8 Å². The molecule has 1 saturated carbocycles. The molecular weight excluding hydrogens is 280 g/mol. The third kappa shape index (κ3) is 3.71. The van der Waals surface area contributed by atoms with Crippen molar-refractivity contribution in [2.24, 2.45) is 0 Å². The van der Waals surface area contributed by atoms with Gasteiger partial charge in [0, 0.05) is 28.8 Å². The molecule has 2 rings (SSSR count). The van der Waals surface area contributed by atoms with Crippen molar-refractivity contribution in [3.05, 3.63) is 34.4 Å². The first-order valence-corrected chi connectivity index (χ1v) is 7.27. The van der Waals surface area contributed by atoms with Crippen LogP contribution in [0, 0.1) is 10.1 Å². The summed E-state index contributed by atoms with van der Waals surface area (Å²) in [7, 11) is 0. The van der Waals surface area contributed by atoms with Crippen molar-refractivity contribution in [1.29, 1.82) is 0 Å². The van der Waals surface area contributed by atoms with E-state index in [4.69, 9.17) is 0 Å². The minimum atomic E-state index is -0.979. The molecule has 0 aliphatic heterocycles. The number of non-ortho nitro benzene ring substituents is 1. The Morgan fingerprint density at radius 1 is 1.50 bits per heavy atom. The maximum absolute atomic E-state index is 11.4. The van der Waals surface area contributed by atoms with Gasteiger partial charge in [-0.1, -0.05) is 0 Å². The molecule has 6 nitrogen and oxygen atoms in total. The van der Waals surface area contributed by atoms with Crippen molar-refractivity contribution in [3.8, 4) is 0 Å². The van der Waals surface area contributed by atoms with E-state index < -0.39 is 16.4 Å². The predicted octanol–water partition coefficient (Wildman–Crippen LogP) is 2.28. The van der Waals surface area contributed by atoms with Crippen molar-refractivity contribution in [2.45, 2.75) is 36.2 Å². The maximum Gasteiger partial charge on any atom is 0.324 e. The lowest BCUT2D eigenvalue weighted by molar-refractivity contribution is -0.384. The lowest BCUT2D eigenvalue weighted by Gasteiger charge is -2.26. The molecule has 0 radical (unpaired) electrons. The van der Waals surface area contributed by atoms with Crippen LogP contribution in [0.25, 0.3) is 0 Å². The van der Waals surface area contributed by atoms with Gasteiger partial charge in [-0.15, -0.1) is 11.8 Å². The molecule has 1 aliphatic rings. The van der Waals surface area contributed by atoms with Crippen LogP contribution in [0.4, 0.5) is 5.69 Å². The Labute approximate surface area is 120 Å². The third-order valence-corrected chi connectivity index (χ3v) is 4.47. The summed E-state index contributed by atoms with van der Waals surface area (Å²) in [5.74, 6) is -0.504. The van der Waals surface area contributed by atoms with E-state index in [1.807, 2.05) is 0 Å². The summed E-state index contributed by atoms with van der Waals surface area (Å²) in [5.41, 5.74) is -0.945. The minimum absolute atomic E-state index is 0.0338. The largest absolute Gasteiger partial charge is 0.480 e. The maximum atomic E-state index is 11.4. The van der Waals surface area contributed by atoms with Crippen molar-refractivity contribution in [1.82, 2.24) is 5.32 Å². The van der Waals surface area contributed by atoms with Crippen molar-refractivity contribution in [2.75, 3.05) is 5.75 Å². The van der Waals surface area contributed by atoms with Crippen LogP contribution < -0.4 is 5.32 Å². The number of carbonyl (C=O) groups is 1. The van der Waals surface area contributed by atoms with Gasteiger partial charge in [0.1, 0.15) is 5.54 Å². The molecule has 2 N–H and O–H groups in total. The van der Waals surface area contributed by atoms with E-state index >= 15 is 0 Å². The number of nitro benzene ring substituents is 1. The molecule has 1 aromatic rings. The number of carboxylic acids is 1. The number of hydrogen-bond acceptors (Lipinski definition) is 5. The van der Waals surface area contributed by atoms with Gasteiger partial charge >= 0.3 is 5.97 Å². The van der Waals surface area contributed by atoms with Gasteiger partial charge in [0.25, 0.3) is 5.69 Å². The zero-order valence-electron chi connectivity index (χ0n) is 11.0. The van der Waals surface area contributed by atoms with E-state index in [1.54, 1.807) is 19.1 Å². The highest BCUT2D eigenvalue weighted by Gasteiger charge is 2.38. The average molecular weight is 296 g/mol. The van der Waals surface area contributed by atoms with Crippen molar-refractivity contribution < 1.29 is 14.8 Å². The van der Waals surface area contributed by atoms with E-state index in [9.17, 15) is 20.0 Å². The summed E-state index contributed by atoms with van der Waals surface area (Å²) in [6.45, 7) is 1.67. The monoisotopic (exact) mass is 296 g/mol. The summed E-state index contributed by atoms with van der Waals surface area (Å²) in [6.07, 6.45) is 2.04. The first-order chi connectivity index (χ1) is 9.40. The molecule has 1 unspecified atom stereocenters. The molecule has 0 saturated heterocycles. The van der Waals surface area contributed by atoms with Gasteiger partial charge in [0.05, 0.1) is 4.92 Å². The molecule has 0 spiro atoms. The van der Waals surface area contributed by atoms with Gasteiger partial charge in [-0.3, -0.25) is 20.2 Å². The zero-order valence-corrected chi connectivity index (χ0v) is 11.9. The normalized spacial score (nSPS) is 17.4. The summed E-state index contributed by atoms with van der Waals surface area (Å²) in [5, 5.41) is 23.0. The lowest BCUT2D eigenvalue weighted by Crippen LogP contribution is -2.52. The number of nitrogens with zero attached hydrogens (tertiary/aromatic N) is 1. The fourth-order valence-electron chi connectivity index (χ4n) is 1.74. The van der Waals surface area contributed by atoms with Crippen molar-refractivity contribution in [3.63, 3.8) is 0 Å². The Balaban J connectivity index is 1.97. The Kier molecular flexibility index (Phi) is 4.29. The topological polar surface area (TPSA) is 92.5 Å². The number of nitro groups is 1. The first-order valence-electron chi connectivity index (χ1n) is 6.29. The van der Waals surface area contributed by atoms with E-state index in [1.165, 1.54) is 23.9 Å². The Hall–Kier alpha value is -1.60.